The maximum absolute atomic E-state index is 13.0. The summed E-state index contributed by atoms with van der Waals surface area (Å²) in [7, 11) is 0. The molecule has 0 aliphatic carbocycles. The van der Waals surface area contributed by atoms with Crippen LogP contribution in [-0.4, -0.2) is 6.29 Å². The summed E-state index contributed by atoms with van der Waals surface area (Å²) in [5.74, 6) is -0.0468. The maximum atomic E-state index is 13.0. The van der Waals surface area contributed by atoms with Crippen LogP contribution in [0.2, 0.25) is 0 Å². The van der Waals surface area contributed by atoms with Crippen molar-refractivity contribution in [2.75, 3.05) is 0 Å². The van der Waals surface area contributed by atoms with Gasteiger partial charge in [0.2, 0.25) is 0 Å². The standard InChI is InChI=1S/C10H6ClFOS/c11-3-7-5-14-9-2-8(12)1-6(4-13)10(7)9/h1-2,4-5H,3H2. The van der Waals surface area contributed by atoms with E-state index in [0.29, 0.717) is 17.7 Å². The second-order valence-electron chi connectivity index (χ2n) is 2.88. The Kier molecular flexibility index (Phi) is 2.52. The molecule has 0 aliphatic rings. The Balaban J connectivity index is 2.85. The smallest absolute Gasteiger partial charge is 0.150 e. The van der Waals surface area contributed by atoms with Crippen molar-refractivity contribution < 1.29 is 9.18 Å². The minimum absolute atomic E-state index is 0.340. The molecule has 72 valence electrons. The van der Waals surface area contributed by atoms with Crippen molar-refractivity contribution in [2.45, 2.75) is 5.88 Å². The van der Waals surface area contributed by atoms with Gasteiger partial charge >= 0.3 is 0 Å². The van der Waals surface area contributed by atoms with Gasteiger partial charge in [0.05, 0.1) is 0 Å². The molecule has 1 aromatic heterocycles. The second-order valence-corrected chi connectivity index (χ2v) is 4.06. The summed E-state index contributed by atoms with van der Waals surface area (Å²) in [5, 5.41) is 2.63. The third-order valence-corrected chi connectivity index (χ3v) is 3.28. The topological polar surface area (TPSA) is 17.1 Å². The van der Waals surface area contributed by atoms with Gasteiger partial charge < -0.3 is 0 Å². The molecule has 2 rings (SSSR count). The number of halogens is 2. The molecule has 1 heterocycles. The van der Waals surface area contributed by atoms with Gasteiger partial charge in [-0.05, 0) is 23.1 Å². The summed E-state index contributed by atoms with van der Waals surface area (Å²) in [4.78, 5) is 10.7. The van der Waals surface area contributed by atoms with E-state index >= 15 is 0 Å². The molecule has 0 saturated carbocycles. The van der Waals surface area contributed by atoms with Crippen molar-refractivity contribution in [1.82, 2.24) is 0 Å². The zero-order chi connectivity index (χ0) is 10.1. The number of fused-ring (bicyclic) bond motifs is 1. The van der Waals surface area contributed by atoms with Crippen LogP contribution in [0.5, 0.6) is 0 Å². The minimum atomic E-state index is -0.387. The van der Waals surface area contributed by atoms with Gasteiger partial charge in [-0.3, -0.25) is 4.79 Å². The number of carbonyl (C=O) groups is 1. The predicted octanol–water partition coefficient (Wildman–Crippen LogP) is 3.59. The molecule has 0 bridgehead atoms. The van der Waals surface area contributed by atoms with Crippen LogP contribution in [0.1, 0.15) is 15.9 Å². The average molecular weight is 229 g/mol. The van der Waals surface area contributed by atoms with E-state index in [0.717, 1.165) is 15.6 Å². The summed E-state index contributed by atoms with van der Waals surface area (Å²) in [5.41, 5.74) is 1.26. The highest BCUT2D eigenvalue weighted by molar-refractivity contribution is 7.17. The first-order chi connectivity index (χ1) is 6.76. The predicted molar refractivity (Wildman–Crippen MR) is 56.7 cm³/mol. The molecule has 1 nitrogen and oxygen atoms in total. The zero-order valence-corrected chi connectivity index (χ0v) is 8.66. The van der Waals surface area contributed by atoms with E-state index in [1.165, 1.54) is 23.5 Å². The Morgan fingerprint density at radius 1 is 1.50 bits per heavy atom. The molecule has 0 amide bonds. The molecule has 0 saturated heterocycles. The van der Waals surface area contributed by atoms with E-state index in [9.17, 15) is 9.18 Å². The lowest BCUT2D eigenvalue weighted by Gasteiger charge is -1.98. The average Bonchev–Trinajstić information content (AvgIpc) is 2.59. The number of hydrogen-bond acceptors (Lipinski definition) is 2. The van der Waals surface area contributed by atoms with Gasteiger partial charge in [0.15, 0.2) is 6.29 Å². The number of aldehydes is 1. The van der Waals surface area contributed by atoms with Gasteiger partial charge in [-0.1, -0.05) is 0 Å². The van der Waals surface area contributed by atoms with E-state index in [-0.39, 0.29) is 5.82 Å². The molecule has 2 aromatic rings. The number of alkyl halides is 1. The van der Waals surface area contributed by atoms with Crippen LogP contribution in [0.3, 0.4) is 0 Å². The van der Waals surface area contributed by atoms with Crippen LogP contribution in [0.15, 0.2) is 17.5 Å². The Morgan fingerprint density at radius 3 is 2.93 bits per heavy atom. The lowest BCUT2D eigenvalue weighted by molar-refractivity contribution is 0.112. The van der Waals surface area contributed by atoms with E-state index in [1.807, 2.05) is 5.38 Å². The van der Waals surface area contributed by atoms with Crippen LogP contribution in [0, 0.1) is 5.82 Å². The van der Waals surface area contributed by atoms with E-state index in [4.69, 9.17) is 11.6 Å². The van der Waals surface area contributed by atoms with Crippen LogP contribution in [0.4, 0.5) is 4.39 Å². The monoisotopic (exact) mass is 228 g/mol. The molecule has 14 heavy (non-hydrogen) atoms. The maximum Gasteiger partial charge on any atom is 0.150 e. The van der Waals surface area contributed by atoms with Crippen molar-refractivity contribution in [3.05, 3.63) is 34.5 Å². The molecule has 0 unspecified atom stereocenters. The zero-order valence-electron chi connectivity index (χ0n) is 7.09. The molecule has 0 spiro atoms. The van der Waals surface area contributed by atoms with E-state index in [1.54, 1.807) is 0 Å². The SMILES string of the molecule is O=Cc1cc(F)cc2scc(CCl)c12. The highest BCUT2D eigenvalue weighted by Crippen LogP contribution is 2.30. The molecule has 0 aliphatic heterocycles. The Labute approximate surface area is 89.1 Å². The molecule has 0 fully saturated rings. The van der Waals surface area contributed by atoms with Crippen LogP contribution < -0.4 is 0 Å². The second kappa shape index (κ2) is 3.67. The molecule has 1 aromatic carbocycles. The number of benzene rings is 1. The van der Waals surface area contributed by atoms with Crippen molar-refractivity contribution >= 4 is 39.3 Å². The normalized spacial score (nSPS) is 10.7. The first-order valence-electron chi connectivity index (χ1n) is 3.97. The van der Waals surface area contributed by atoms with Gasteiger partial charge in [-0.2, -0.15) is 0 Å². The lowest BCUT2D eigenvalue weighted by Crippen LogP contribution is -1.86. The minimum Gasteiger partial charge on any atom is -0.298 e. The van der Waals surface area contributed by atoms with Crippen molar-refractivity contribution in [3.8, 4) is 0 Å². The van der Waals surface area contributed by atoms with Crippen LogP contribution in [-0.2, 0) is 5.88 Å². The molecule has 4 heteroatoms. The fourth-order valence-electron chi connectivity index (χ4n) is 1.42. The molecule has 0 radical (unpaired) electrons. The van der Waals surface area contributed by atoms with Crippen LogP contribution >= 0.6 is 22.9 Å². The van der Waals surface area contributed by atoms with Gasteiger partial charge in [0.1, 0.15) is 5.82 Å². The van der Waals surface area contributed by atoms with Gasteiger partial charge in [0.25, 0.3) is 0 Å². The third-order valence-electron chi connectivity index (χ3n) is 2.02. The molecular weight excluding hydrogens is 223 g/mol. The number of rotatable bonds is 2. The molecule has 0 atom stereocenters. The Morgan fingerprint density at radius 2 is 2.29 bits per heavy atom. The number of carbonyl (C=O) groups excluding carboxylic acids is 1. The van der Waals surface area contributed by atoms with E-state index in [2.05, 4.69) is 0 Å². The van der Waals surface area contributed by atoms with Crippen molar-refractivity contribution in [2.24, 2.45) is 0 Å². The van der Waals surface area contributed by atoms with Crippen LogP contribution in [0.25, 0.3) is 10.1 Å². The number of hydrogen-bond donors (Lipinski definition) is 0. The highest BCUT2D eigenvalue weighted by atomic mass is 35.5. The first-order valence-corrected chi connectivity index (χ1v) is 5.38. The molecular formula is C10H6ClFOS. The summed E-state index contributed by atoms with van der Waals surface area (Å²) in [6, 6.07) is 2.65. The van der Waals surface area contributed by atoms with Gasteiger partial charge in [0, 0.05) is 21.5 Å². The van der Waals surface area contributed by atoms with Crippen molar-refractivity contribution in [1.29, 1.82) is 0 Å². The fourth-order valence-corrected chi connectivity index (χ4v) is 2.74. The quantitative estimate of drug-likeness (QED) is 0.567. The fraction of sp³-hybridized carbons (Fsp3) is 0.100. The summed E-state index contributed by atoms with van der Waals surface area (Å²) in [6.45, 7) is 0. The van der Waals surface area contributed by atoms with E-state index < -0.39 is 0 Å². The highest BCUT2D eigenvalue weighted by Gasteiger charge is 2.09. The Bertz CT molecular complexity index is 492. The van der Waals surface area contributed by atoms with Gasteiger partial charge in [-0.15, -0.1) is 22.9 Å². The lowest BCUT2D eigenvalue weighted by atomic mass is 10.1. The largest absolute Gasteiger partial charge is 0.298 e. The Hall–Kier alpha value is -0.930. The summed E-state index contributed by atoms with van der Waals surface area (Å²) in [6.07, 6.45) is 0.661. The molecule has 0 N–H and O–H groups in total. The summed E-state index contributed by atoms with van der Waals surface area (Å²) < 4.78 is 13.8. The third kappa shape index (κ3) is 1.42. The first kappa shape index (κ1) is 9.62. The summed E-state index contributed by atoms with van der Waals surface area (Å²) >= 11 is 7.11. The van der Waals surface area contributed by atoms with Gasteiger partial charge in [-0.25, -0.2) is 4.39 Å². The number of thiophene rings is 1. The van der Waals surface area contributed by atoms with Crippen molar-refractivity contribution in [3.63, 3.8) is 0 Å².